The van der Waals surface area contributed by atoms with Crippen LogP contribution in [0.2, 0.25) is 5.02 Å². The molecule has 122 valence electrons. The van der Waals surface area contributed by atoms with E-state index in [4.69, 9.17) is 17.3 Å². The number of hydrogen-bond donors (Lipinski definition) is 1. The van der Waals surface area contributed by atoms with Gasteiger partial charge in [0.2, 0.25) is 5.91 Å². The quantitative estimate of drug-likeness (QED) is 0.913. The van der Waals surface area contributed by atoms with Crippen molar-refractivity contribution in [3.05, 3.63) is 34.9 Å². The summed E-state index contributed by atoms with van der Waals surface area (Å²) in [5, 5.41) is 0.775. The zero-order valence-electron chi connectivity index (χ0n) is 12.8. The van der Waals surface area contributed by atoms with Crippen LogP contribution < -0.4 is 5.73 Å². The molecule has 1 aliphatic heterocycles. The molecule has 0 unspecified atom stereocenters. The summed E-state index contributed by atoms with van der Waals surface area (Å²) in [4.78, 5) is 14.0. The molecule has 1 heterocycles. The molecule has 2 aliphatic rings. The summed E-state index contributed by atoms with van der Waals surface area (Å²) in [6.07, 6.45) is 5.93. The van der Waals surface area contributed by atoms with E-state index in [1.54, 1.807) is 0 Å². The van der Waals surface area contributed by atoms with Gasteiger partial charge in [0.25, 0.3) is 0 Å². The molecule has 22 heavy (non-hydrogen) atoms. The summed E-state index contributed by atoms with van der Waals surface area (Å²) >= 11 is 6.14. The van der Waals surface area contributed by atoms with E-state index in [1.807, 2.05) is 12.1 Å². The molecule has 0 atom stereocenters. The van der Waals surface area contributed by atoms with Crippen molar-refractivity contribution < 1.29 is 4.79 Å². The van der Waals surface area contributed by atoms with Gasteiger partial charge in [0.05, 0.1) is 0 Å². The summed E-state index contributed by atoms with van der Waals surface area (Å²) in [7, 11) is 0. The van der Waals surface area contributed by atoms with Crippen LogP contribution in [0.1, 0.15) is 44.1 Å². The highest BCUT2D eigenvalue weighted by atomic mass is 35.5. The number of likely N-dealkylation sites (tertiary alicyclic amines) is 1. The van der Waals surface area contributed by atoms with Gasteiger partial charge in [-0.25, -0.2) is 0 Å². The van der Waals surface area contributed by atoms with Crippen LogP contribution in [0.4, 0.5) is 0 Å². The molecular formula is C17H24Cl2N2O. The third-order valence-electron chi connectivity index (χ3n) is 5.29. The first-order valence-corrected chi connectivity index (χ1v) is 8.28. The van der Waals surface area contributed by atoms with Crippen molar-refractivity contribution in [3.63, 3.8) is 0 Å². The fourth-order valence-corrected chi connectivity index (χ4v) is 4.14. The Hall–Kier alpha value is -0.770. The van der Waals surface area contributed by atoms with Gasteiger partial charge in [0.15, 0.2) is 0 Å². The molecule has 1 amide bonds. The fraction of sp³-hybridized carbons (Fsp3) is 0.588. The van der Waals surface area contributed by atoms with Gasteiger partial charge >= 0.3 is 0 Å². The molecule has 5 heteroatoms. The maximum atomic E-state index is 11.9. The van der Waals surface area contributed by atoms with E-state index in [0.29, 0.717) is 18.5 Å². The monoisotopic (exact) mass is 342 g/mol. The van der Waals surface area contributed by atoms with Crippen LogP contribution in [0, 0.1) is 0 Å². The van der Waals surface area contributed by atoms with Crippen molar-refractivity contribution in [3.8, 4) is 0 Å². The van der Waals surface area contributed by atoms with Gasteiger partial charge in [0, 0.05) is 36.0 Å². The molecule has 3 rings (SSSR count). The molecule has 1 saturated heterocycles. The van der Waals surface area contributed by atoms with Crippen molar-refractivity contribution >= 4 is 29.9 Å². The summed E-state index contributed by atoms with van der Waals surface area (Å²) in [6.45, 7) is 1.59. The molecule has 1 saturated carbocycles. The molecule has 1 aromatic carbocycles. The first-order valence-electron chi connectivity index (χ1n) is 7.90. The van der Waals surface area contributed by atoms with E-state index >= 15 is 0 Å². The lowest BCUT2D eigenvalue weighted by Crippen LogP contribution is -2.45. The minimum atomic E-state index is 0. The van der Waals surface area contributed by atoms with Crippen LogP contribution >= 0.6 is 24.0 Å². The summed E-state index contributed by atoms with van der Waals surface area (Å²) in [6, 6.07) is 8.52. The standard InChI is InChI=1S/C17H23ClN2O.ClH/c18-14-4-1-3-13(11-14)17(12-19)8-6-15(7-9-17)20-10-2-5-16(20)21;/h1,3-4,11,15H,2,5-10,12,19H2;1H/t15-,17-;. The number of rotatable bonds is 3. The predicted molar refractivity (Wildman–Crippen MR) is 92.6 cm³/mol. The summed E-state index contributed by atoms with van der Waals surface area (Å²) < 4.78 is 0. The first-order chi connectivity index (χ1) is 10.1. The Bertz CT molecular complexity index is 527. The Morgan fingerprint density at radius 3 is 2.59 bits per heavy atom. The maximum absolute atomic E-state index is 11.9. The Labute approximate surface area is 143 Å². The highest BCUT2D eigenvalue weighted by molar-refractivity contribution is 6.30. The summed E-state index contributed by atoms with van der Waals surface area (Å²) in [5.74, 6) is 0.336. The predicted octanol–water partition coefficient (Wildman–Crippen LogP) is 3.52. The van der Waals surface area contributed by atoms with Crippen LogP contribution in [-0.2, 0) is 10.2 Å². The number of carbonyl (C=O) groups excluding carboxylic acids is 1. The number of benzene rings is 1. The lowest BCUT2D eigenvalue weighted by atomic mass is 9.68. The lowest BCUT2D eigenvalue weighted by Gasteiger charge is -2.42. The molecule has 0 spiro atoms. The molecule has 3 nitrogen and oxygen atoms in total. The zero-order chi connectivity index (χ0) is 14.9. The molecule has 0 bridgehead atoms. The topological polar surface area (TPSA) is 46.3 Å². The van der Waals surface area contributed by atoms with Crippen molar-refractivity contribution in [1.82, 2.24) is 4.90 Å². The first kappa shape index (κ1) is 17.6. The van der Waals surface area contributed by atoms with Gasteiger partial charge in [-0.1, -0.05) is 23.7 Å². The zero-order valence-corrected chi connectivity index (χ0v) is 14.3. The second kappa shape index (κ2) is 7.20. The number of hydrogen-bond acceptors (Lipinski definition) is 2. The van der Waals surface area contributed by atoms with Crippen molar-refractivity contribution in [2.45, 2.75) is 50.0 Å². The van der Waals surface area contributed by atoms with E-state index in [-0.39, 0.29) is 17.8 Å². The van der Waals surface area contributed by atoms with Crippen LogP contribution in [0.5, 0.6) is 0 Å². The van der Waals surface area contributed by atoms with E-state index in [2.05, 4.69) is 17.0 Å². The molecule has 0 radical (unpaired) electrons. The number of carbonyl (C=O) groups is 1. The Morgan fingerprint density at radius 1 is 1.32 bits per heavy atom. The number of nitrogens with zero attached hydrogens (tertiary/aromatic N) is 1. The second-order valence-corrected chi connectivity index (χ2v) is 6.85. The van der Waals surface area contributed by atoms with Crippen molar-refractivity contribution in [1.29, 1.82) is 0 Å². The second-order valence-electron chi connectivity index (χ2n) is 6.42. The third-order valence-corrected chi connectivity index (χ3v) is 5.53. The molecular weight excluding hydrogens is 319 g/mol. The van der Waals surface area contributed by atoms with E-state index in [9.17, 15) is 4.79 Å². The molecule has 1 aromatic rings. The van der Waals surface area contributed by atoms with Crippen LogP contribution in [0.3, 0.4) is 0 Å². The number of amides is 1. The average Bonchev–Trinajstić information content (AvgIpc) is 2.93. The maximum Gasteiger partial charge on any atom is 0.222 e. The van der Waals surface area contributed by atoms with E-state index in [0.717, 1.165) is 50.1 Å². The van der Waals surface area contributed by atoms with Crippen LogP contribution in [-0.4, -0.2) is 29.9 Å². The van der Waals surface area contributed by atoms with Gasteiger partial charge in [-0.05, 0) is 49.8 Å². The van der Waals surface area contributed by atoms with Crippen LogP contribution in [0.25, 0.3) is 0 Å². The molecule has 2 N–H and O–H groups in total. The van der Waals surface area contributed by atoms with E-state index < -0.39 is 0 Å². The smallest absolute Gasteiger partial charge is 0.222 e. The van der Waals surface area contributed by atoms with Gasteiger partial charge < -0.3 is 10.6 Å². The van der Waals surface area contributed by atoms with Crippen LogP contribution in [0.15, 0.2) is 24.3 Å². The highest BCUT2D eigenvalue weighted by Gasteiger charge is 2.39. The fourth-order valence-electron chi connectivity index (χ4n) is 3.95. The van der Waals surface area contributed by atoms with Gasteiger partial charge in [-0.3, -0.25) is 4.79 Å². The molecule has 0 aromatic heterocycles. The van der Waals surface area contributed by atoms with Crippen molar-refractivity contribution in [2.24, 2.45) is 5.73 Å². The lowest BCUT2D eigenvalue weighted by molar-refractivity contribution is -0.130. The number of halogens is 2. The van der Waals surface area contributed by atoms with E-state index in [1.165, 1.54) is 5.56 Å². The highest BCUT2D eigenvalue weighted by Crippen LogP contribution is 2.41. The summed E-state index contributed by atoms with van der Waals surface area (Å²) in [5.41, 5.74) is 7.41. The Balaban J connectivity index is 0.00000176. The SMILES string of the molecule is Cl.NC[C@]1(c2cccc(Cl)c2)CC[C@H](N2CCCC2=O)CC1. The molecule has 2 fully saturated rings. The molecule has 1 aliphatic carbocycles. The van der Waals surface area contributed by atoms with Gasteiger partial charge in [0.1, 0.15) is 0 Å². The Morgan fingerprint density at radius 2 is 2.05 bits per heavy atom. The average molecular weight is 343 g/mol. The normalized spacial score (nSPS) is 28.5. The Kier molecular flexibility index (Phi) is 5.76. The minimum Gasteiger partial charge on any atom is -0.340 e. The number of nitrogens with two attached hydrogens (primary N) is 1. The third kappa shape index (κ3) is 3.27. The van der Waals surface area contributed by atoms with Crippen molar-refractivity contribution in [2.75, 3.05) is 13.1 Å². The van der Waals surface area contributed by atoms with Gasteiger partial charge in [-0.2, -0.15) is 0 Å². The largest absolute Gasteiger partial charge is 0.340 e. The van der Waals surface area contributed by atoms with Gasteiger partial charge in [-0.15, -0.1) is 12.4 Å². The minimum absolute atomic E-state index is 0.